The molecule has 0 amide bonds. The molecule has 0 aromatic heterocycles. The molecule has 1 unspecified atom stereocenters. The highest BCUT2D eigenvalue weighted by molar-refractivity contribution is 9.10. The maximum atomic E-state index is 13.7. The lowest BCUT2D eigenvalue weighted by molar-refractivity contribution is 0.463. The first-order chi connectivity index (χ1) is 9.47. The fraction of sp³-hybridized carbons (Fsp3) is 0.200. The first-order valence-corrected chi connectivity index (χ1v) is 6.92. The van der Waals surface area contributed by atoms with Gasteiger partial charge in [0.25, 0.3) is 0 Å². The first kappa shape index (κ1) is 14.9. The van der Waals surface area contributed by atoms with Crippen molar-refractivity contribution in [2.45, 2.75) is 19.5 Å². The molecule has 106 valence electrons. The first-order valence-electron chi connectivity index (χ1n) is 6.13. The molecule has 2 aromatic rings. The van der Waals surface area contributed by atoms with Crippen molar-refractivity contribution in [3.63, 3.8) is 0 Å². The number of phenols is 1. The maximum Gasteiger partial charge on any atom is 0.131 e. The molecule has 0 spiro atoms. The van der Waals surface area contributed by atoms with Crippen molar-refractivity contribution in [2.24, 2.45) is 0 Å². The van der Waals surface area contributed by atoms with E-state index in [1.165, 1.54) is 18.2 Å². The van der Waals surface area contributed by atoms with E-state index in [2.05, 4.69) is 21.2 Å². The molecule has 0 heterocycles. The predicted molar refractivity (Wildman–Crippen MR) is 77.4 cm³/mol. The van der Waals surface area contributed by atoms with Crippen LogP contribution in [0.25, 0.3) is 0 Å². The Hall–Kier alpha value is -1.46. The molecule has 2 rings (SSSR count). The average Bonchev–Trinajstić information content (AvgIpc) is 2.39. The van der Waals surface area contributed by atoms with Crippen LogP contribution in [0.1, 0.15) is 24.1 Å². The molecule has 2 aromatic carbocycles. The molecule has 2 nitrogen and oxygen atoms in total. The van der Waals surface area contributed by atoms with Crippen LogP contribution in [0.2, 0.25) is 0 Å². The molecular formula is C15H14BrF2NO. The molecule has 2 N–H and O–H groups in total. The number of phenolic OH excluding ortho intramolecular Hbond substituents is 1. The van der Waals surface area contributed by atoms with Crippen molar-refractivity contribution in [1.82, 2.24) is 5.32 Å². The van der Waals surface area contributed by atoms with E-state index in [-0.39, 0.29) is 24.2 Å². The van der Waals surface area contributed by atoms with Crippen LogP contribution in [0.4, 0.5) is 8.78 Å². The largest absolute Gasteiger partial charge is 0.508 e. The molecule has 5 heteroatoms. The minimum Gasteiger partial charge on any atom is -0.508 e. The van der Waals surface area contributed by atoms with Crippen LogP contribution in [-0.4, -0.2) is 5.11 Å². The summed E-state index contributed by atoms with van der Waals surface area (Å²) in [4.78, 5) is 0. The highest BCUT2D eigenvalue weighted by atomic mass is 79.9. The fourth-order valence-electron chi connectivity index (χ4n) is 1.92. The Morgan fingerprint density at radius 3 is 2.60 bits per heavy atom. The Balaban J connectivity index is 2.08. The summed E-state index contributed by atoms with van der Waals surface area (Å²) in [7, 11) is 0. The van der Waals surface area contributed by atoms with E-state index in [0.29, 0.717) is 11.1 Å². The Morgan fingerprint density at radius 1 is 1.15 bits per heavy atom. The highest BCUT2D eigenvalue weighted by Crippen LogP contribution is 2.22. The van der Waals surface area contributed by atoms with Gasteiger partial charge in [-0.05, 0) is 31.2 Å². The van der Waals surface area contributed by atoms with E-state index in [4.69, 9.17) is 0 Å². The van der Waals surface area contributed by atoms with Gasteiger partial charge in [0, 0.05) is 34.3 Å². The molecule has 0 aliphatic carbocycles. The van der Waals surface area contributed by atoms with E-state index < -0.39 is 5.82 Å². The van der Waals surface area contributed by atoms with Gasteiger partial charge in [-0.3, -0.25) is 0 Å². The monoisotopic (exact) mass is 341 g/mol. The molecule has 1 atom stereocenters. The van der Waals surface area contributed by atoms with Gasteiger partial charge in [0.2, 0.25) is 0 Å². The molecule has 0 radical (unpaired) electrons. The molecule has 0 aliphatic rings. The third-order valence-corrected chi connectivity index (χ3v) is 3.55. The molecule has 0 aliphatic heterocycles. The quantitative estimate of drug-likeness (QED) is 0.869. The predicted octanol–water partition coefficient (Wildman–Crippen LogP) is 4.28. The summed E-state index contributed by atoms with van der Waals surface area (Å²) < 4.78 is 28.1. The zero-order chi connectivity index (χ0) is 14.7. The van der Waals surface area contributed by atoms with Gasteiger partial charge in [0.15, 0.2) is 0 Å². The Kier molecular flexibility index (Phi) is 4.73. The number of benzene rings is 2. The van der Waals surface area contributed by atoms with E-state index in [1.807, 2.05) is 0 Å². The van der Waals surface area contributed by atoms with Crippen LogP contribution in [0.3, 0.4) is 0 Å². The smallest absolute Gasteiger partial charge is 0.131 e. The van der Waals surface area contributed by atoms with Gasteiger partial charge in [0.1, 0.15) is 17.4 Å². The summed E-state index contributed by atoms with van der Waals surface area (Å²) in [6.45, 7) is 2.07. The van der Waals surface area contributed by atoms with Gasteiger partial charge >= 0.3 is 0 Å². The summed E-state index contributed by atoms with van der Waals surface area (Å²) in [5.74, 6) is -0.907. The van der Waals surface area contributed by atoms with Crippen molar-refractivity contribution in [3.05, 3.63) is 63.6 Å². The number of aromatic hydroxyl groups is 1. The summed E-state index contributed by atoms with van der Waals surface area (Å²) in [5, 5.41) is 12.2. The van der Waals surface area contributed by atoms with Crippen LogP contribution >= 0.6 is 15.9 Å². The second-order valence-electron chi connectivity index (χ2n) is 4.54. The second kappa shape index (κ2) is 6.33. The van der Waals surface area contributed by atoms with Crippen molar-refractivity contribution in [3.8, 4) is 5.75 Å². The number of hydrogen-bond donors (Lipinski definition) is 2. The van der Waals surface area contributed by atoms with Gasteiger partial charge in [-0.15, -0.1) is 0 Å². The Bertz CT molecular complexity index is 619. The lowest BCUT2D eigenvalue weighted by atomic mass is 10.1. The van der Waals surface area contributed by atoms with Crippen molar-refractivity contribution >= 4 is 15.9 Å². The zero-order valence-corrected chi connectivity index (χ0v) is 12.4. The molecular weight excluding hydrogens is 328 g/mol. The van der Waals surface area contributed by atoms with Crippen LogP contribution in [-0.2, 0) is 6.54 Å². The number of rotatable bonds is 4. The van der Waals surface area contributed by atoms with E-state index in [9.17, 15) is 13.9 Å². The van der Waals surface area contributed by atoms with Crippen molar-refractivity contribution in [2.75, 3.05) is 0 Å². The third kappa shape index (κ3) is 3.55. The van der Waals surface area contributed by atoms with Crippen molar-refractivity contribution in [1.29, 1.82) is 0 Å². The SMILES string of the molecule is CC(NCc1cc(Br)ccc1F)c1ccc(O)cc1F. The Morgan fingerprint density at radius 2 is 1.90 bits per heavy atom. The van der Waals surface area contributed by atoms with Gasteiger partial charge in [0.05, 0.1) is 0 Å². The molecule has 0 bridgehead atoms. The third-order valence-electron chi connectivity index (χ3n) is 3.06. The van der Waals surface area contributed by atoms with E-state index in [1.54, 1.807) is 19.1 Å². The molecule has 0 fully saturated rings. The van der Waals surface area contributed by atoms with Gasteiger partial charge in [-0.25, -0.2) is 8.78 Å². The molecule has 0 saturated heterocycles. The Labute approximate surface area is 124 Å². The lowest BCUT2D eigenvalue weighted by Gasteiger charge is -2.15. The van der Waals surface area contributed by atoms with Gasteiger partial charge in [-0.1, -0.05) is 22.0 Å². The molecule has 0 saturated carbocycles. The molecule has 20 heavy (non-hydrogen) atoms. The number of halogens is 3. The van der Waals surface area contributed by atoms with E-state index in [0.717, 1.165) is 10.5 Å². The summed E-state index contributed by atoms with van der Waals surface area (Å²) >= 11 is 3.29. The normalized spacial score (nSPS) is 12.4. The maximum absolute atomic E-state index is 13.7. The van der Waals surface area contributed by atoms with Crippen molar-refractivity contribution < 1.29 is 13.9 Å². The van der Waals surface area contributed by atoms with Crippen LogP contribution in [0.5, 0.6) is 5.75 Å². The zero-order valence-electron chi connectivity index (χ0n) is 10.8. The topological polar surface area (TPSA) is 32.3 Å². The highest BCUT2D eigenvalue weighted by Gasteiger charge is 2.12. The fourth-order valence-corrected chi connectivity index (χ4v) is 2.33. The lowest BCUT2D eigenvalue weighted by Crippen LogP contribution is -2.19. The van der Waals surface area contributed by atoms with Crippen LogP contribution < -0.4 is 5.32 Å². The number of nitrogens with one attached hydrogen (secondary N) is 1. The van der Waals surface area contributed by atoms with Gasteiger partial charge in [-0.2, -0.15) is 0 Å². The van der Waals surface area contributed by atoms with Crippen LogP contribution in [0, 0.1) is 11.6 Å². The minimum atomic E-state index is -0.486. The second-order valence-corrected chi connectivity index (χ2v) is 5.46. The summed E-state index contributed by atoms with van der Waals surface area (Å²) in [6.07, 6.45) is 0. The standard InChI is InChI=1S/C15H14BrF2NO/c1-9(13-4-3-12(20)7-15(13)18)19-8-10-6-11(16)2-5-14(10)17/h2-7,9,19-20H,8H2,1H3. The minimum absolute atomic E-state index is 0.114. The van der Waals surface area contributed by atoms with E-state index >= 15 is 0 Å². The summed E-state index contributed by atoms with van der Waals surface area (Å²) in [5.41, 5.74) is 0.934. The van der Waals surface area contributed by atoms with Crippen LogP contribution in [0.15, 0.2) is 40.9 Å². The summed E-state index contributed by atoms with van der Waals surface area (Å²) in [6, 6.07) is 8.40. The average molecular weight is 342 g/mol. The number of hydrogen-bond acceptors (Lipinski definition) is 2. The van der Waals surface area contributed by atoms with Gasteiger partial charge < -0.3 is 10.4 Å².